The predicted molar refractivity (Wildman–Crippen MR) is 107 cm³/mol. The molecule has 1 aliphatic heterocycles. The molecule has 1 aromatic carbocycles. The highest BCUT2D eigenvalue weighted by Crippen LogP contribution is 2.19. The third-order valence-corrected chi connectivity index (χ3v) is 4.91. The zero-order valence-corrected chi connectivity index (χ0v) is 15.4. The summed E-state index contributed by atoms with van der Waals surface area (Å²) in [6.45, 7) is 4.08. The van der Waals surface area contributed by atoms with Crippen molar-refractivity contribution >= 4 is 23.5 Å². The fraction of sp³-hybridized carbons (Fsp3) is 0.286. The summed E-state index contributed by atoms with van der Waals surface area (Å²) in [5.41, 5.74) is 6.73. The smallest absolute Gasteiger partial charge is 0.290 e. The molecule has 0 bridgehead atoms. The minimum Gasteiger partial charge on any atom is -0.372 e. The zero-order valence-electron chi connectivity index (χ0n) is 15.4. The molecule has 3 aromatic rings. The Labute approximate surface area is 158 Å². The molecule has 0 saturated carbocycles. The van der Waals surface area contributed by atoms with Gasteiger partial charge in [0.25, 0.3) is 5.91 Å². The minimum absolute atomic E-state index is 0.271. The number of hydrogen-bond acceptors (Lipinski definition) is 4. The number of carbonyl (C=O) groups is 1. The van der Waals surface area contributed by atoms with Crippen molar-refractivity contribution in [3.63, 3.8) is 0 Å². The quantitative estimate of drug-likeness (QED) is 0.572. The number of hydrogen-bond donors (Lipinski definition) is 1. The van der Waals surface area contributed by atoms with Gasteiger partial charge in [0.2, 0.25) is 0 Å². The van der Waals surface area contributed by atoms with E-state index in [1.165, 1.54) is 24.9 Å². The van der Waals surface area contributed by atoms with E-state index in [1.807, 2.05) is 43.5 Å². The van der Waals surface area contributed by atoms with Crippen molar-refractivity contribution in [2.45, 2.75) is 26.2 Å². The van der Waals surface area contributed by atoms with Crippen LogP contribution in [0.1, 0.15) is 41.0 Å². The Morgan fingerprint density at radius 2 is 1.89 bits per heavy atom. The lowest BCUT2D eigenvalue weighted by Crippen LogP contribution is -2.29. The molecular weight excluding hydrogens is 338 g/mol. The van der Waals surface area contributed by atoms with Gasteiger partial charge in [-0.25, -0.2) is 10.4 Å². The van der Waals surface area contributed by atoms with Crippen LogP contribution in [-0.2, 0) is 0 Å². The first-order valence-corrected chi connectivity index (χ1v) is 9.34. The van der Waals surface area contributed by atoms with Crippen LogP contribution in [0.15, 0.2) is 53.8 Å². The van der Waals surface area contributed by atoms with E-state index in [9.17, 15) is 4.79 Å². The molecule has 2 aromatic heterocycles. The van der Waals surface area contributed by atoms with Crippen LogP contribution in [0.25, 0.3) is 5.65 Å². The number of pyridine rings is 1. The van der Waals surface area contributed by atoms with E-state index in [2.05, 4.69) is 32.5 Å². The van der Waals surface area contributed by atoms with Crippen molar-refractivity contribution in [3.8, 4) is 0 Å². The van der Waals surface area contributed by atoms with E-state index in [0.29, 0.717) is 11.4 Å². The van der Waals surface area contributed by atoms with E-state index in [4.69, 9.17) is 0 Å². The van der Waals surface area contributed by atoms with E-state index >= 15 is 0 Å². The van der Waals surface area contributed by atoms with Gasteiger partial charge in [-0.1, -0.05) is 18.2 Å². The van der Waals surface area contributed by atoms with Crippen LogP contribution in [0, 0.1) is 6.92 Å². The highest BCUT2D eigenvalue weighted by Gasteiger charge is 2.15. The molecule has 27 heavy (non-hydrogen) atoms. The first-order valence-electron chi connectivity index (χ1n) is 9.34. The summed E-state index contributed by atoms with van der Waals surface area (Å²) in [6, 6.07) is 13.9. The van der Waals surface area contributed by atoms with Crippen LogP contribution in [-0.4, -0.2) is 34.6 Å². The average molecular weight is 361 g/mol. The Kier molecular flexibility index (Phi) is 4.87. The van der Waals surface area contributed by atoms with E-state index in [-0.39, 0.29) is 5.91 Å². The van der Waals surface area contributed by atoms with Crippen molar-refractivity contribution in [1.82, 2.24) is 14.8 Å². The van der Waals surface area contributed by atoms with E-state index in [1.54, 1.807) is 10.6 Å². The van der Waals surface area contributed by atoms with Crippen molar-refractivity contribution in [1.29, 1.82) is 0 Å². The largest absolute Gasteiger partial charge is 0.372 e. The van der Waals surface area contributed by atoms with Crippen molar-refractivity contribution in [2.75, 3.05) is 18.0 Å². The summed E-state index contributed by atoms with van der Waals surface area (Å²) in [5, 5.41) is 4.11. The number of anilines is 1. The lowest BCUT2D eigenvalue weighted by molar-refractivity contribution is 0.0948. The second-order valence-corrected chi connectivity index (χ2v) is 6.81. The van der Waals surface area contributed by atoms with Crippen molar-refractivity contribution in [3.05, 3.63) is 65.6 Å². The summed E-state index contributed by atoms with van der Waals surface area (Å²) in [5.74, 6) is -0.271. The van der Waals surface area contributed by atoms with Gasteiger partial charge in [0.05, 0.1) is 11.9 Å². The highest BCUT2D eigenvalue weighted by atomic mass is 16.2. The summed E-state index contributed by atoms with van der Waals surface area (Å²) >= 11 is 0. The molecule has 138 valence electrons. The fourth-order valence-corrected chi connectivity index (χ4v) is 3.53. The molecule has 1 saturated heterocycles. The molecule has 4 rings (SSSR count). The fourth-order valence-electron chi connectivity index (χ4n) is 3.53. The number of rotatable bonds is 4. The third kappa shape index (κ3) is 3.69. The molecule has 3 heterocycles. The van der Waals surface area contributed by atoms with Gasteiger partial charge in [-0.2, -0.15) is 5.10 Å². The van der Waals surface area contributed by atoms with Crippen molar-refractivity contribution < 1.29 is 4.79 Å². The number of hydrazone groups is 1. The van der Waals surface area contributed by atoms with Gasteiger partial charge in [-0.3, -0.25) is 9.20 Å². The molecule has 0 radical (unpaired) electrons. The summed E-state index contributed by atoms with van der Waals surface area (Å²) in [7, 11) is 0. The topological polar surface area (TPSA) is 62.0 Å². The normalized spacial score (nSPS) is 14.8. The highest BCUT2D eigenvalue weighted by molar-refractivity contribution is 5.95. The van der Waals surface area contributed by atoms with E-state index < -0.39 is 0 Å². The monoisotopic (exact) mass is 361 g/mol. The zero-order chi connectivity index (χ0) is 18.6. The maximum absolute atomic E-state index is 12.5. The van der Waals surface area contributed by atoms with Gasteiger partial charge >= 0.3 is 0 Å². The number of nitrogens with one attached hydrogen (secondary N) is 1. The van der Waals surface area contributed by atoms with Gasteiger partial charge in [0, 0.05) is 25.0 Å². The maximum atomic E-state index is 12.5. The Bertz CT molecular complexity index is 968. The Morgan fingerprint density at radius 3 is 2.67 bits per heavy atom. The molecular formula is C21H23N5O. The first-order chi connectivity index (χ1) is 13.2. The SMILES string of the molecule is Cc1nc2ccccn2c1C(=O)N/N=C\c1ccc(N2CCCCC2)cc1. The third-order valence-electron chi connectivity index (χ3n) is 4.91. The van der Waals surface area contributed by atoms with Crippen LogP contribution in [0.2, 0.25) is 0 Å². The lowest BCUT2D eigenvalue weighted by Gasteiger charge is -2.28. The van der Waals surface area contributed by atoms with Crippen molar-refractivity contribution in [2.24, 2.45) is 5.10 Å². The second-order valence-electron chi connectivity index (χ2n) is 6.81. The van der Waals surface area contributed by atoms with Crippen LogP contribution in [0.3, 0.4) is 0 Å². The van der Waals surface area contributed by atoms with E-state index in [0.717, 1.165) is 24.3 Å². The number of carbonyl (C=O) groups excluding carboxylic acids is 1. The number of piperidine rings is 1. The van der Waals surface area contributed by atoms with Gasteiger partial charge in [-0.05, 0) is 56.0 Å². The number of imidazole rings is 1. The Morgan fingerprint density at radius 1 is 1.11 bits per heavy atom. The van der Waals surface area contributed by atoms with Gasteiger partial charge in [-0.15, -0.1) is 0 Å². The number of fused-ring (bicyclic) bond motifs is 1. The Hall–Kier alpha value is -3.15. The van der Waals surface area contributed by atoms with Crippen LogP contribution >= 0.6 is 0 Å². The van der Waals surface area contributed by atoms with Gasteiger partial charge in [0.15, 0.2) is 0 Å². The molecule has 0 aliphatic carbocycles. The molecule has 1 N–H and O–H groups in total. The molecule has 0 atom stereocenters. The Balaban J connectivity index is 1.42. The lowest BCUT2D eigenvalue weighted by atomic mass is 10.1. The van der Waals surface area contributed by atoms with Crippen LogP contribution in [0.4, 0.5) is 5.69 Å². The number of nitrogens with zero attached hydrogens (tertiary/aromatic N) is 4. The summed E-state index contributed by atoms with van der Waals surface area (Å²) in [6.07, 6.45) is 7.34. The first kappa shape index (κ1) is 17.3. The number of benzene rings is 1. The molecule has 0 spiro atoms. The molecule has 1 aliphatic rings. The minimum atomic E-state index is -0.271. The second kappa shape index (κ2) is 7.61. The predicted octanol–water partition coefficient (Wildman–Crippen LogP) is 3.40. The maximum Gasteiger partial charge on any atom is 0.290 e. The number of aromatic nitrogens is 2. The number of aryl methyl sites for hydroxylation is 1. The molecule has 0 unspecified atom stereocenters. The molecule has 6 heteroatoms. The summed E-state index contributed by atoms with van der Waals surface area (Å²) in [4.78, 5) is 19.3. The number of amides is 1. The van der Waals surface area contributed by atoms with Crippen LogP contribution < -0.4 is 10.3 Å². The average Bonchev–Trinajstić information content (AvgIpc) is 3.05. The molecule has 6 nitrogen and oxygen atoms in total. The standard InChI is InChI=1S/C21H23N5O/c1-16-20(26-14-6-3-7-19(26)23-16)21(27)24-22-15-17-8-10-18(11-9-17)25-12-4-2-5-13-25/h3,6-11,14-15H,2,4-5,12-13H2,1H3,(H,24,27)/b22-15-. The van der Waals surface area contributed by atoms with Gasteiger partial charge in [0.1, 0.15) is 11.3 Å². The molecule has 1 amide bonds. The molecule has 1 fully saturated rings. The van der Waals surface area contributed by atoms with Crippen LogP contribution in [0.5, 0.6) is 0 Å². The van der Waals surface area contributed by atoms with Gasteiger partial charge < -0.3 is 4.90 Å². The summed E-state index contributed by atoms with van der Waals surface area (Å²) < 4.78 is 1.77.